The lowest BCUT2D eigenvalue weighted by Crippen LogP contribution is -2.58. The number of carboxylic acids is 1. The van der Waals surface area contributed by atoms with Crippen molar-refractivity contribution in [2.24, 2.45) is 0 Å². The maximum Gasteiger partial charge on any atom is 0.478 e. The van der Waals surface area contributed by atoms with Gasteiger partial charge in [0.1, 0.15) is 0 Å². The first-order valence-corrected chi connectivity index (χ1v) is 8.00. The van der Waals surface area contributed by atoms with E-state index < -0.39 is 55.4 Å². The van der Waals surface area contributed by atoms with Gasteiger partial charge in [-0.2, -0.15) is 0 Å². The molecule has 0 aromatic rings. The van der Waals surface area contributed by atoms with E-state index in [2.05, 4.69) is 16.0 Å². The van der Waals surface area contributed by atoms with Gasteiger partial charge in [0.2, 0.25) is 5.91 Å². The fourth-order valence-corrected chi connectivity index (χ4v) is 2.64. The lowest BCUT2D eigenvalue weighted by atomic mass is 9.72. The summed E-state index contributed by atoms with van der Waals surface area (Å²) in [5.74, 6) is -4.32. The number of rotatable bonds is 5. The van der Waals surface area contributed by atoms with Crippen LogP contribution in [0.15, 0.2) is 0 Å². The minimum atomic E-state index is -1.36. The Morgan fingerprint density at radius 2 is 2.04 bits per heavy atom. The molecule has 2 heterocycles. The van der Waals surface area contributed by atoms with Crippen LogP contribution < -0.4 is 16.0 Å². The molecule has 5 amide bonds. The summed E-state index contributed by atoms with van der Waals surface area (Å²) in [5.41, 5.74) is 0. The largest absolute Gasteiger partial charge is 0.481 e. The second-order valence-corrected chi connectivity index (χ2v) is 5.87. The van der Waals surface area contributed by atoms with Gasteiger partial charge in [0, 0.05) is 13.1 Å². The molecule has 0 saturated carbocycles. The van der Waals surface area contributed by atoms with Crippen LogP contribution in [0.1, 0.15) is 19.3 Å². The fraction of sp³-hybridized carbons (Fsp3) is 0.615. The number of carbonyl (C=O) groups is 5. The van der Waals surface area contributed by atoms with Crippen molar-refractivity contribution >= 4 is 36.8 Å². The smallest absolute Gasteiger partial charge is 0.478 e. The highest BCUT2D eigenvalue weighted by Gasteiger charge is 2.37. The van der Waals surface area contributed by atoms with Gasteiger partial charge in [0.25, 0.3) is 0 Å². The monoisotopic (exact) mass is 370 g/mol. The van der Waals surface area contributed by atoms with E-state index in [4.69, 9.17) is 9.76 Å². The predicted octanol–water partition coefficient (Wildman–Crippen LogP) is -3.19. The molecule has 0 aromatic heterocycles. The number of piperazine rings is 1. The van der Waals surface area contributed by atoms with Gasteiger partial charge in [-0.15, -0.1) is 0 Å². The first-order chi connectivity index (χ1) is 12.3. The number of imide groups is 1. The van der Waals surface area contributed by atoms with Crippen molar-refractivity contribution in [3.63, 3.8) is 0 Å². The summed E-state index contributed by atoms with van der Waals surface area (Å²) in [6.45, 7) is -0.336. The van der Waals surface area contributed by atoms with Crippen LogP contribution in [0, 0.1) is 0 Å². The topological polar surface area (TPSA) is 174 Å². The van der Waals surface area contributed by atoms with Crippen LogP contribution in [-0.4, -0.2) is 83.6 Å². The third-order valence-electron chi connectivity index (χ3n) is 3.93. The number of aliphatic carboxylic acids is 1. The van der Waals surface area contributed by atoms with Gasteiger partial charge in [-0.3, -0.25) is 24.1 Å². The van der Waals surface area contributed by atoms with Crippen molar-refractivity contribution in [3.05, 3.63) is 0 Å². The molecule has 2 unspecified atom stereocenters. The zero-order chi connectivity index (χ0) is 19.3. The third kappa shape index (κ3) is 5.16. The number of carbonyl (C=O) groups excluding carboxylic acids is 4. The molecule has 13 heteroatoms. The Balaban J connectivity index is 1.75. The molecule has 0 radical (unpaired) electrons. The molecule has 142 valence electrons. The number of urea groups is 1. The number of carboxylic acid groups (broad SMARTS) is 1. The Labute approximate surface area is 148 Å². The number of amides is 5. The quantitative estimate of drug-likeness (QED) is 0.249. The molecular formula is C13H19BN4O8. The van der Waals surface area contributed by atoms with Gasteiger partial charge in [0.15, 0.2) is 0 Å². The second-order valence-electron chi connectivity index (χ2n) is 5.87. The van der Waals surface area contributed by atoms with Crippen LogP contribution in [-0.2, 0) is 23.8 Å². The maximum atomic E-state index is 11.9. The molecule has 2 aliphatic rings. The second kappa shape index (κ2) is 8.62. The molecule has 0 bridgehead atoms. The molecule has 12 nitrogen and oxygen atoms in total. The molecular weight excluding hydrogens is 351 g/mol. The van der Waals surface area contributed by atoms with E-state index in [-0.39, 0.29) is 19.5 Å². The summed E-state index contributed by atoms with van der Waals surface area (Å²) >= 11 is 0. The van der Waals surface area contributed by atoms with Gasteiger partial charge in [-0.1, -0.05) is 0 Å². The zero-order valence-corrected chi connectivity index (χ0v) is 13.8. The summed E-state index contributed by atoms with van der Waals surface area (Å²) in [5, 5.41) is 25.5. The van der Waals surface area contributed by atoms with Crippen molar-refractivity contribution in [1.29, 1.82) is 0 Å². The highest BCUT2D eigenvalue weighted by molar-refractivity contribution is 6.45. The van der Waals surface area contributed by atoms with E-state index in [9.17, 15) is 29.0 Å². The van der Waals surface area contributed by atoms with Crippen LogP contribution in [0.4, 0.5) is 4.79 Å². The van der Waals surface area contributed by atoms with E-state index >= 15 is 0 Å². The standard InChI is InChI=1S/C13H19BN4O8/c19-9(6-16-13(24)18-4-3-15-11(22)12(18)23)17-8-2-1-7(5-10(20)21)26-14(8)25/h7-8,25H,1-6H2,(H,15,22)(H,16,24)(H,17,19)(H,20,21). The van der Waals surface area contributed by atoms with Crippen molar-refractivity contribution in [3.8, 4) is 0 Å². The molecule has 2 aliphatic heterocycles. The third-order valence-corrected chi connectivity index (χ3v) is 3.93. The average molecular weight is 370 g/mol. The molecule has 5 N–H and O–H groups in total. The van der Waals surface area contributed by atoms with Crippen molar-refractivity contribution in [1.82, 2.24) is 20.9 Å². The van der Waals surface area contributed by atoms with E-state index in [0.717, 1.165) is 0 Å². The van der Waals surface area contributed by atoms with Gasteiger partial charge in [-0.05, 0) is 12.8 Å². The Hall–Kier alpha value is -2.67. The van der Waals surface area contributed by atoms with E-state index in [1.807, 2.05) is 0 Å². The van der Waals surface area contributed by atoms with E-state index in [0.29, 0.717) is 17.7 Å². The summed E-state index contributed by atoms with van der Waals surface area (Å²) in [4.78, 5) is 57.8. The SMILES string of the molecule is O=C(O)CC1CCC(NC(=O)CNC(=O)N2CCNC(=O)C2=O)B(O)O1. The van der Waals surface area contributed by atoms with Gasteiger partial charge >= 0.3 is 30.9 Å². The Kier molecular flexibility index (Phi) is 6.52. The summed E-state index contributed by atoms with van der Waals surface area (Å²) in [7, 11) is -1.36. The minimum Gasteiger partial charge on any atom is -0.481 e. The van der Waals surface area contributed by atoms with Crippen molar-refractivity contribution in [2.75, 3.05) is 19.6 Å². The first kappa shape index (κ1) is 19.7. The molecule has 2 saturated heterocycles. The fourth-order valence-electron chi connectivity index (χ4n) is 2.64. The van der Waals surface area contributed by atoms with Gasteiger partial charge in [-0.25, -0.2) is 4.79 Å². The highest BCUT2D eigenvalue weighted by atomic mass is 16.5. The summed E-state index contributed by atoms with van der Waals surface area (Å²) in [6.07, 6.45) is -0.223. The van der Waals surface area contributed by atoms with E-state index in [1.54, 1.807) is 0 Å². The summed E-state index contributed by atoms with van der Waals surface area (Å²) < 4.78 is 5.13. The Morgan fingerprint density at radius 3 is 2.69 bits per heavy atom. The molecule has 0 aromatic carbocycles. The Bertz CT molecular complexity index is 615. The molecule has 2 atom stereocenters. The van der Waals surface area contributed by atoms with E-state index in [1.165, 1.54) is 0 Å². The zero-order valence-electron chi connectivity index (χ0n) is 13.8. The van der Waals surface area contributed by atoms with Crippen LogP contribution in [0.5, 0.6) is 0 Å². The molecule has 0 spiro atoms. The lowest BCUT2D eigenvalue weighted by molar-refractivity contribution is -0.145. The number of nitrogens with zero attached hydrogens (tertiary/aromatic N) is 1. The normalized spacial score (nSPS) is 23.3. The first-order valence-electron chi connectivity index (χ1n) is 8.00. The minimum absolute atomic E-state index is 0.00181. The highest BCUT2D eigenvalue weighted by Crippen LogP contribution is 2.18. The van der Waals surface area contributed by atoms with Gasteiger partial charge in [0.05, 0.1) is 25.0 Å². The molecule has 0 aliphatic carbocycles. The molecule has 2 rings (SSSR count). The van der Waals surface area contributed by atoms with Crippen molar-refractivity contribution < 1.29 is 38.8 Å². The maximum absolute atomic E-state index is 11.9. The number of nitrogens with one attached hydrogen (secondary N) is 3. The number of hydrogen-bond acceptors (Lipinski definition) is 7. The van der Waals surface area contributed by atoms with Crippen LogP contribution in [0.3, 0.4) is 0 Å². The van der Waals surface area contributed by atoms with Crippen molar-refractivity contribution in [2.45, 2.75) is 31.3 Å². The van der Waals surface area contributed by atoms with Crippen LogP contribution in [0.25, 0.3) is 0 Å². The predicted molar refractivity (Wildman–Crippen MR) is 84.4 cm³/mol. The molecule has 26 heavy (non-hydrogen) atoms. The Morgan fingerprint density at radius 1 is 1.31 bits per heavy atom. The number of hydrogen-bond donors (Lipinski definition) is 5. The average Bonchev–Trinajstić information content (AvgIpc) is 2.57. The summed E-state index contributed by atoms with van der Waals surface area (Å²) in [6, 6.07) is -0.873. The lowest BCUT2D eigenvalue weighted by Gasteiger charge is -2.31. The molecule has 2 fully saturated rings. The van der Waals surface area contributed by atoms with Crippen LogP contribution in [0.2, 0.25) is 0 Å². The van der Waals surface area contributed by atoms with Gasteiger partial charge < -0.3 is 30.7 Å². The van der Waals surface area contributed by atoms with Crippen LogP contribution >= 0.6 is 0 Å².